The standard InChI is InChI=1S/C23H23FN2O3S/c1-14(2)30-21-20(17-6-10-19(11-7-17)25-15(3)27)22(28)26(23(21)29)13-12-16-4-8-18(24)9-5-16/h4-11,14H,12-13H2,1-3H3,(H,25,27). The van der Waals surface area contributed by atoms with E-state index >= 15 is 0 Å². The normalized spacial score (nSPS) is 14.1. The number of thioether (sulfide) groups is 1. The molecule has 3 rings (SSSR count). The average molecular weight is 427 g/mol. The maximum absolute atomic E-state index is 13.2. The molecule has 0 spiro atoms. The molecule has 7 heteroatoms. The molecule has 0 fully saturated rings. The van der Waals surface area contributed by atoms with Crippen molar-refractivity contribution in [2.24, 2.45) is 0 Å². The number of nitrogens with zero attached hydrogens (tertiary/aromatic N) is 1. The summed E-state index contributed by atoms with van der Waals surface area (Å²) in [6.45, 7) is 5.58. The summed E-state index contributed by atoms with van der Waals surface area (Å²) in [5.41, 5.74) is 2.49. The number of hydrogen-bond acceptors (Lipinski definition) is 4. The van der Waals surface area contributed by atoms with Gasteiger partial charge in [-0.15, -0.1) is 11.8 Å². The van der Waals surface area contributed by atoms with Gasteiger partial charge in [-0.2, -0.15) is 0 Å². The average Bonchev–Trinajstić information content (AvgIpc) is 2.91. The fraction of sp³-hybridized carbons (Fsp3) is 0.261. The van der Waals surface area contributed by atoms with Crippen LogP contribution >= 0.6 is 11.8 Å². The van der Waals surface area contributed by atoms with E-state index in [1.54, 1.807) is 36.4 Å². The summed E-state index contributed by atoms with van der Waals surface area (Å²) >= 11 is 1.37. The van der Waals surface area contributed by atoms with Gasteiger partial charge in [-0.1, -0.05) is 38.1 Å². The van der Waals surface area contributed by atoms with E-state index in [0.717, 1.165) is 5.56 Å². The Hall–Kier alpha value is -2.93. The number of anilines is 1. The molecule has 3 amide bonds. The zero-order valence-corrected chi connectivity index (χ0v) is 17.9. The Morgan fingerprint density at radius 3 is 2.23 bits per heavy atom. The maximum atomic E-state index is 13.2. The smallest absolute Gasteiger partial charge is 0.268 e. The van der Waals surface area contributed by atoms with E-state index in [-0.39, 0.29) is 35.3 Å². The van der Waals surface area contributed by atoms with Crippen LogP contribution in [0.25, 0.3) is 5.57 Å². The number of carbonyl (C=O) groups is 3. The molecule has 0 radical (unpaired) electrons. The minimum absolute atomic E-state index is 0.127. The monoisotopic (exact) mass is 426 g/mol. The molecule has 0 unspecified atom stereocenters. The molecule has 2 aromatic rings. The highest BCUT2D eigenvalue weighted by atomic mass is 32.2. The topological polar surface area (TPSA) is 66.5 Å². The van der Waals surface area contributed by atoms with E-state index < -0.39 is 0 Å². The lowest BCUT2D eigenvalue weighted by Gasteiger charge is -2.15. The Morgan fingerprint density at radius 2 is 1.67 bits per heavy atom. The van der Waals surface area contributed by atoms with E-state index in [9.17, 15) is 18.8 Å². The molecule has 1 N–H and O–H groups in total. The first-order chi connectivity index (χ1) is 14.3. The van der Waals surface area contributed by atoms with Crippen molar-refractivity contribution in [3.05, 3.63) is 70.4 Å². The van der Waals surface area contributed by atoms with Gasteiger partial charge in [-0.3, -0.25) is 19.3 Å². The van der Waals surface area contributed by atoms with Gasteiger partial charge in [0, 0.05) is 24.4 Å². The van der Waals surface area contributed by atoms with Crippen LogP contribution in [0.1, 0.15) is 31.9 Å². The lowest BCUT2D eigenvalue weighted by molar-refractivity contribution is -0.136. The molecule has 0 saturated heterocycles. The molecule has 0 aliphatic carbocycles. The van der Waals surface area contributed by atoms with E-state index in [4.69, 9.17) is 0 Å². The first-order valence-corrected chi connectivity index (χ1v) is 10.5. The van der Waals surface area contributed by atoms with E-state index in [0.29, 0.717) is 28.1 Å². The highest BCUT2D eigenvalue weighted by molar-refractivity contribution is 8.04. The number of imide groups is 1. The van der Waals surface area contributed by atoms with E-state index in [1.165, 1.54) is 35.7 Å². The fourth-order valence-corrected chi connectivity index (χ4v) is 4.18. The maximum Gasteiger partial charge on any atom is 0.268 e. The summed E-state index contributed by atoms with van der Waals surface area (Å²) in [7, 11) is 0. The predicted molar refractivity (Wildman–Crippen MR) is 117 cm³/mol. The second-order valence-electron chi connectivity index (χ2n) is 7.27. The Bertz CT molecular complexity index is 998. The SMILES string of the molecule is CC(=O)Nc1ccc(C2=C(SC(C)C)C(=O)N(CCc3ccc(F)cc3)C2=O)cc1. The number of amides is 3. The number of halogens is 1. The molecule has 1 aliphatic rings. The van der Waals surface area contributed by atoms with Crippen LogP contribution in [0.15, 0.2) is 53.4 Å². The summed E-state index contributed by atoms with van der Waals surface area (Å²) in [6.07, 6.45) is 0.451. The summed E-state index contributed by atoms with van der Waals surface area (Å²) in [6, 6.07) is 12.9. The van der Waals surface area contributed by atoms with Gasteiger partial charge in [0.05, 0.1) is 10.5 Å². The largest absolute Gasteiger partial charge is 0.326 e. The molecule has 30 heavy (non-hydrogen) atoms. The lowest BCUT2D eigenvalue weighted by atomic mass is 10.1. The van der Waals surface area contributed by atoms with Crippen molar-refractivity contribution in [2.45, 2.75) is 32.4 Å². The van der Waals surface area contributed by atoms with Crippen molar-refractivity contribution < 1.29 is 18.8 Å². The predicted octanol–water partition coefficient (Wildman–Crippen LogP) is 4.25. The third kappa shape index (κ3) is 4.97. The zero-order chi connectivity index (χ0) is 21.8. The molecule has 156 valence electrons. The van der Waals surface area contributed by atoms with Gasteiger partial charge >= 0.3 is 0 Å². The molecule has 5 nitrogen and oxygen atoms in total. The summed E-state index contributed by atoms with van der Waals surface area (Å²) in [5, 5.41) is 2.82. The van der Waals surface area contributed by atoms with Crippen LogP contribution in [-0.2, 0) is 20.8 Å². The molecule has 0 atom stereocenters. The number of rotatable bonds is 7. The van der Waals surface area contributed by atoms with Gasteiger partial charge in [0.1, 0.15) is 5.82 Å². The molecular formula is C23H23FN2O3S. The second kappa shape index (κ2) is 9.26. The van der Waals surface area contributed by atoms with Crippen LogP contribution in [0, 0.1) is 5.82 Å². The minimum Gasteiger partial charge on any atom is -0.326 e. The van der Waals surface area contributed by atoms with Crippen LogP contribution in [0.3, 0.4) is 0 Å². The molecular weight excluding hydrogens is 403 g/mol. The highest BCUT2D eigenvalue weighted by Crippen LogP contribution is 2.38. The van der Waals surface area contributed by atoms with Crippen molar-refractivity contribution in [3.8, 4) is 0 Å². The molecule has 1 heterocycles. The Morgan fingerprint density at radius 1 is 1.03 bits per heavy atom. The second-order valence-corrected chi connectivity index (χ2v) is 8.85. The van der Waals surface area contributed by atoms with Crippen LogP contribution in [0.4, 0.5) is 10.1 Å². The van der Waals surface area contributed by atoms with E-state index in [1.807, 2.05) is 13.8 Å². The minimum atomic E-state index is -0.336. The van der Waals surface area contributed by atoms with Gasteiger partial charge in [0.2, 0.25) is 5.91 Å². The molecule has 1 aliphatic heterocycles. The van der Waals surface area contributed by atoms with Gasteiger partial charge in [-0.25, -0.2) is 4.39 Å². The molecule has 0 bridgehead atoms. The van der Waals surface area contributed by atoms with Crippen LogP contribution in [-0.4, -0.2) is 34.4 Å². The number of carbonyl (C=O) groups excluding carboxylic acids is 3. The first-order valence-electron chi connectivity index (χ1n) is 9.66. The van der Waals surface area contributed by atoms with Crippen molar-refractivity contribution in [2.75, 3.05) is 11.9 Å². The van der Waals surface area contributed by atoms with Crippen LogP contribution in [0.2, 0.25) is 0 Å². The van der Waals surface area contributed by atoms with Crippen molar-refractivity contribution in [1.29, 1.82) is 0 Å². The number of benzene rings is 2. The van der Waals surface area contributed by atoms with E-state index in [2.05, 4.69) is 5.32 Å². The summed E-state index contributed by atoms with van der Waals surface area (Å²) < 4.78 is 13.1. The van der Waals surface area contributed by atoms with Gasteiger partial charge in [0.15, 0.2) is 0 Å². The molecule has 0 aromatic heterocycles. The van der Waals surface area contributed by atoms with Crippen molar-refractivity contribution in [3.63, 3.8) is 0 Å². The van der Waals surface area contributed by atoms with Crippen LogP contribution in [0.5, 0.6) is 0 Å². The number of hydrogen-bond donors (Lipinski definition) is 1. The summed E-state index contributed by atoms with van der Waals surface area (Å²) in [5.74, 6) is -1.15. The van der Waals surface area contributed by atoms with Crippen molar-refractivity contribution >= 4 is 40.7 Å². The third-order valence-corrected chi connectivity index (χ3v) is 5.60. The third-order valence-electron chi connectivity index (χ3n) is 4.51. The number of nitrogens with one attached hydrogen (secondary N) is 1. The summed E-state index contributed by atoms with van der Waals surface area (Å²) in [4.78, 5) is 39.1. The van der Waals surface area contributed by atoms with Gasteiger partial charge in [-0.05, 0) is 41.8 Å². The van der Waals surface area contributed by atoms with Gasteiger partial charge < -0.3 is 5.32 Å². The Labute approximate surface area is 179 Å². The molecule has 2 aromatic carbocycles. The first kappa shape index (κ1) is 21.8. The zero-order valence-electron chi connectivity index (χ0n) is 17.1. The highest BCUT2D eigenvalue weighted by Gasteiger charge is 2.39. The Balaban J connectivity index is 1.85. The lowest BCUT2D eigenvalue weighted by Crippen LogP contribution is -2.33. The van der Waals surface area contributed by atoms with Gasteiger partial charge in [0.25, 0.3) is 11.8 Å². The van der Waals surface area contributed by atoms with Crippen LogP contribution < -0.4 is 5.32 Å². The Kier molecular flexibility index (Phi) is 6.72. The van der Waals surface area contributed by atoms with Crippen molar-refractivity contribution in [1.82, 2.24) is 4.90 Å². The fourth-order valence-electron chi connectivity index (χ4n) is 3.17. The molecule has 0 saturated carbocycles. The quantitative estimate of drug-likeness (QED) is 0.673.